The highest BCUT2D eigenvalue weighted by Crippen LogP contribution is 2.29. The zero-order chi connectivity index (χ0) is 25.2. The Kier molecular flexibility index (Phi) is 6.57. The Labute approximate surface area is 203 Å². The van der Waals surface area contributed by atoms with Crippen molar-refractivity contribution in [3.8, 4) is 0 Å². The SMILES string of the molecule is CCc1cccc2c(C=NNc3ccc(S(=O)(=O)Nc4ccc(C)cc4C)cc3[N+](=O)[O-])c[nH]c12. The summed E-state index contributed by atoms with van der Waals surface area (Å²) < 4.78 is 28.3. The Bertz CT molecular complexity index is 1560. The standard InChI is InChI=1S/C25H25N5O4S/c1-4-18-6-5-7-21-19(14-26-25(18)21)15-27-28-23-11-9-20(13-24(23)30(31)32)35(33,34)29-22-10-8-16(2)12-17(22)3/h5-15,26,28-29H,4H2,1-3H3. The molecule has 35 heavy (non-hydrogen) atoms. The number of nitro groups is 1. The largest absolute Gasteiger partial charge is 0.360 e. The summed E-state index contributed by atoms with van der Waals surface area (Å²) in [7, 11) is -4.03. The normalized spacial score (nSPS) is 11.7. The summed E-state index contributed by atoms with van der Waals surface area (Å²) in [6.07, 6.45) is 4.26. The smallest absolute Gasteiger partial charge is 0.295 e. The number of nitrogens with one attached hydrogen (secondary N) is 3. The van der Waals surface area contributed by atoms with Crippen molar-refractivity contribution in [3.05, 3.63) is 93.2 Å². The predicted molar refractivity (Wildman–Crippen MR) is 139 cm³/mol. The molecule has 0 saturated carbocycles. The maximum absolute atomic E-state index is 12.9. The number of para-hydroxylation sites is 1. The molecular formula is C25H25N5O4S. The number of benzene rings is 3. The molecule has 0 saturated heterocycles. The van der Waals surface area contributed by atoms with Crippen LogP contribution >= 0.6 is 0 Å². The number of sulfonamides is 1. The molecule has 9 nitrogen and oxygen atoms in total. The van der Waals surface area contributed by atoms with Crippen molar-refractivity contribution in [2.75, 3.05) is 10.1 Å². The summed E-state index contributed by atoms with van der Waals surface area (Å²) in [5, 5.41) is 16.8. The third kappa shape index (κ3) is 5.02. The van der Waals surface area contributed by atoms with Crippen molar-refractivity contribution < 1.29 is 13.3 Å². The van der Waals surface area contributed by atoms with Crippen molar-refractivity contribution in [1.29, 1.82) is 0 Å². The van der Waals surface area contributed by atoms with Crippen LogP contribution in [-0.4, -0.2) is 24.5 Å². The Morgan fingerprint density at radius 1 is 1.09 bits per heavy atom. The van der Waals surface area contributed by atoms with Crippen LogP contribution in [0.1, 0.15) is 29.2 Å². The van der Waals surface area contributed by atoms with Crippen molar-refractivity contribution in [2.45, 2.75) is 32.1 Å². The molecule has 0 unspecified atom stereocenters. The molecule has 3 N–H and O–H groups in total. The molecule has 1 heterocycles. The van der Waals surface area contributed by atoms with Gasteiger partial charge in [-0.3, -0.25) is 20.3 Å². The summed E-state index contributed by atoms with van der Waals surface area (Å²) in [5.41, 5.74) is 7.52. The predicted octanol–water partition coefficient (Wildman–Crippen LogP) is 5.50. The summed E-state index contributed by atoms with van der Waals surface area (Å²) in [5.74, 6) is 0. The van der Waals surface area contributed by atoms with Crippen molar-refractivity contribution >= 4 is 44.2 Å². The Morgan fingerprint density at radius 2 is 1.86 bits per heavy atom. The van der Waals surface area contributed by atoms with Gasteiger partial charge in [0.05, 0.1) is 21.7 Å². The van der Waals surface area contributed by atoms with Crippen LogP contribution in [0.5, 0.6) is 0 Å². The van der Waals surface area contributed by atoms with E-state index in [-0.39, 0.29) is 10.6 Å². The number of aromatic nitrogens is 1. The minimum absolute atomic E-state index is 0.0748. The van der Waals surface area contributed by atoms with E-state index in [9.17, 15) is 18.5 Å². The first-order valence-corrected chi connectivity index (χ1v) is 12.4. The highest BCUT2D eigenvalue weighted by Gasteiger charge is 2.22. The molecule has 0 atom stereocenters. The van der Waals surface area contributed by atoms with Crippen LogP contribution in [-0.2, 0) is 16.4 Å². The number of rotatable bonds is 8. The Balaban J connectivity index is 1.59. The Morgan fingerprint density at radius 3 is 2.57 bits per heavy atom. The summed E-state index contributed by atoms with van der Waals surface area (Å²) in [6, 6.07) is 14.9. The zero-order valence-electron chi connectivity index (χ0n) is 19.5. The summed E-state index contributed by atoms with van der Waals surface area (Å²) >= 11 is 0. The second-order valence-corrected chi connectivity index (χ2v) is 9.85. The van der Waals surface area contributed by atoms with Crippen LogP contribution in [0.15, 0.2) is 70.8 Å². The van der Waals surface area contributed by atoms with E-state index >= 15 is 0 Å². The average Bonchev–Trinajstić information content (AvgIpc) is 3.24. The van der Waals surface area contributed by atoms with E-state index in [0.717, 1.165) is 40.1 Å². The summed E-state index contributed by atoms with van der Waals surface area (Å²) in [4.78, 5) is 14.1. The van der Waals surface area contributed by atoms with E-state index in [0.29, 0.717) is 5.69 Å². The van der Waals surface area contributed by atoms with Crippen LogP contribution in [0.2, 0.25) is 0 Å². The monoisotopic (exact) mass is 491 g/mol. The molecule has 0 bridgehead atoms. The first kappa shape index (κ1) is 24.0. The van der Waals surface area contributed by atoms with Gasteiger partial charge in [-0.1, -0.05) is 42.8 Å². The molecule has 10 heteroatoms. The van der Waals surface area contributed by atoms with E-state index in [2.05, 4.69) is 27.2 Å². The number of aryl methyl sites for hydroxylation is 3. The molecule has 180 valence electrons. The van der Waals surface area contributed by atoms with Crippen molar-refractivity contribution in [1.82, 2.24) is 4.98 Å². The van der Waals surface area contributed by atoms with Gasteiger partial charge < -0.3 is 4.98 Å². The minimum Gasteiger partial charge on any atom is -0.360 e. The van der Waals surface area contributed by atoms with Gasteiger partial charge in [-0.2, -0.15) is 5.10 Å². The van der Waals surface area contributed by atoms with Crippen LogP contribution in [0, 0.1) is 24.0 Å². The molecule has 0 fully saturated rings. The van der Waals surface area contributed by atoms with Gasteiger partial charge in [-0.05, 0) is 49.6 Å². The van der Waals surface area contributed by atoms with E-state index in [1.54, 1.807) is 25.3 Å². The first-order chi connectivity index (χ1) is 16.7. The molecule has 0 aliphatic carbocycles. The molecule has 0 radical (unpaired) electrons. The van der Waals surface area contributed by atoms with Gasteiger partial charge in [0, 0.05) is 28.7 Å². The van der Waals surface area contributed by atoms with E-state index < -0.39 is 20.6 Å². The molecule has 4 rings (SSSR count). The van der Waals surface area contributed by atoms with Gasteiger partial charge in [-0.15, -0.1) is 0 Å². The third-order valence-corrected chi connectivity index (χ3v) is 7.07. The fraction of sp³-hybridized carbons (Fsp3) is 0.160. The molecule has 0 amide bonds. The van der Waals surface area contributed by atoms with Gasteiger partial charge in [0.2, 0.25) is 0 Å². The number of fused-ring (bicyclic) bond motifs is 1. The van der Waals surface area contributed by atoms with Crippen LogP contribution in [0.4, 0.5) is 17.1 Å². The Hall–Kier alpha value is -4.18. The molecule has 4 aromatic rings. The topological polar surface area (TPSA) is 129 Å². The number of nitro benzene ring substituents is 1. The van der Waals surface area contributed by atoms with Crippen molar-refractivity contribution in [2.24, 2.45) is 5.10 Å². The molecule has 3 aromatic carbocycles. The first-order valence-electron chi connectivity index (χ1n) is 11.0. The van der Waals surface area contributed by atoms with Gasteiger partial charge >= 0.3 is 0 Å². The number of aromatic amines is 1. The minimum atomic E-state index is -4.03. The molecule has 0 aliphatic heterocycles. The number of hydrogen-bond donors (Lipinski definition) is 3. The van der Waals surface area contributed by atoms with Gasteiger partial charge in [-0.25, -0.2) is 8.42 Å². The van der Waals surface area contributed by atoms with Crippen LogP contribution in [0.3, 0.4) is 0 Å². The highest BCUT2D eigenvalue weighted by atomic mass is 32.2. The number of hydrogen-bond acceptors (Lipinski definition) is 6. The second-order valence-electron chi connectivity index (χ2n) is 8.17. The summed E-state index contributed by atoms with van der Waals surface area (Å²) in [6.45, 7) is 5.77. The lowest BCUT2D eigenvalue weighted by Gasteiger charge is -2.12. The lowest BCUT2D eigenvalue weighted by molar-refractivity contribution is -0.384. The lowest BCUT2D eigenvalue weighted by atomic mass is 10.1. The molecule has 0 aliphatic rings. The van der Waals surface area contributed by atoms with E-state index in [1.807, 2.05) is 37.4 Å². The van der Waals surface area contributed by atoms with Crippen molar-refractivity contribution in [3.63, 3.8) is 0 Å². The average molecular weight is 492 g/mol. The molecule has 1 aromatic heterocycles. The fourth-order valence-electron chi connectivity index (χ4n) is 3.87. The zero-order valence-corrected chi connectivity index (χ0v) is 20.3. The lowest BCUT2D eigenvalue weighted by Crippen LogP contribution is -2.14. The number of anilines is 2. The quantitative estimate of drug-likeness (QED) is 0.170. The van der Waals surface area contributed by atoms with Gasteiger partial charge in [0.25, 0.3) is 15.7 Å². The highest BCUT2D eigenvalue weighted by molar-refractivity contribution is 7.92. The molecule has 0 spiro atoms. The van der Waals surface area contributed by atoms with Crippen LogP contribution < -0.4 is 10.1 Å². The van der Waals surface area contributed by atoms with E-state index in [4.69, 9.17) is 0 Å². The number of H-pyrrole nitrogens is 1. The number of hydrazone groups is 1. The third-order valence-electron chi connectivity index (χ3n) is 5.71. The maximum Gasteiger partial charge on any atom is 0.295 e. The van der Waals surface area contributed by atoms with Crippen LogP contribution in [0.25, 0.3) is 10.9 Å². The molecular weight excluding hydrogens is 466 g/mol. The van der Waals surface area contributed by atoms with Gasteiger partial charge in [0.15, 0.2) is 0 Å². The maximum atomic E-state index is 12.9. The van der Waals surface area contributed by atoms with E-state index in [1.165, 1.54) is 17.7 Å². The fourth-order valence-corrected chi connectivity index (χ4v) is 5.02. The number of nitrogens with zero attached hydrogens (tertiary/aromatic N) is 2. The second kappa shape index (κ2) is 9.59. The van der Waals surface area contributed by atoms with Gasteiger partial charge in [0.1, 0.15) is 5.69 Å².